The fourth-order valence-electron chi connectivity index (χ4n) is 2.54. The molecule has 0 unspecified atom stereocenters. The lowest BCUT2D eigenvalue weighted by atomic mass is 10.1. The number of hydrogen-bond acceptors (Lipinski definition) is 5. The molecular weight excluding hydrogens is 366 g/mol. The number of anilines is 1. The number of amides is 1. The van der Waals surface area contributed by atoms with Crippen molar-refractivity contribution in [2.75, 3.05) is 31.8 Å². The molecule has 27 heavy (non-hydrogen) atoms. The zero-order valence-corrected chi connectivity index (χ0v) is 16.0. The van der Waals surface area contributed by atoms with E-state index in [0.29, 0.717) is 23.4 Å². The lowest BCUT2D eigenvalue weighted by Gasteiger charge is -2.20. The fourth-order valence-corrected chi connectivity index (χ4v) is 3.32. The molecule has 0 spiro atoms. The molecule has 0 aliphatic carbocycles. The molecule has 2 rings (SSSR count). The maximum atomic E-state index is 12.3. The molecule has 2 aromatic carbocycles. The lowest BCUT2D eigenvalue weighted by Crippen LogP contribution is -2.38. The van der Waals surface area contributed by atoms with Gasteiger partial charge in [-0.1, -0.05) is 24.3 Å². The number of ether oxygens (including phenoxy) is 1. The van der Waals surface area contributed by atoms with Crippen molar-refractivity contribution < 1.29 is 17.9 Å². The molecule has 1 amide bonds. The maximum absolute atomic E-state index is 12.3. The molecule has 142 valence electrons. The van der Waals surface area contributed by atoms with E-state index < -0.39 is 15.9 Å². The van der Waals surface area contributed by atoms with Crippen LogP contribution in [0, 0.1) is 11.3 Å². The number of nitrogens with zero attached hydrogens (tertiary/aromatic N) is 2. The van der Waals surface area contributed by atoms with Crippen molar-refractivity contribution in [3.8, 4) is 11.8 Å². The molecule has 0 heterocycles. The van der Waals surface area contributed by atoms with Crippen LogP contribution in [-0.4, -0.2) is 45.1 Å². The molecule has 1 N–H and O–H groups in total. The minimum absolute atomic E-state index is 0.144. The summed E-state index contributed by atoms with van der Waals surface area (Å²) < 4.78 is 30.5. The summed E-state index contributed by atoms with van der Waals surface area (Å²) in [6.45, 7) is -0.171. The van der Waals surface area contributed by atoms with Crippen molar-refractivity contribution in [2.45, 2.75) is 6.42 Å². The molecule has 0 bridgehead atoms. The average Bonchev–Trinajstić information content (AvgIpc) is 2.64. The van der Waals surface area contributed by atoms with Gasteiger partial charge in [0.05, 0.1) is 31.5 Å². The van der Waals surface area contributed by atoms with E-state index in [4.69, 9.17) is 10.00 Å². The highest BCUT2D eigenvalue weighted by atomic mass is 32.2. The van der Waals surface area contributed by atoms with Crippen molar-refractivity contribution in [3.05, 3.63) is 59.7 Å². The molecule has 8 heteroatoms. The van der Waals surface area contributed by atoms with Gasteiger partial charge in [-0.2, -0.15) is 9.57 Å². The molecule has 0 aliphatic rings. The van der Waals surface area contributed by atoms with Crippen LogP contribution in [0.5, 0.6) is 5.75 Å². The van der Waals surface area contributed by atoms with E-state index in [1.807, 2.05) is 24.3 Å². The molecule has 0 aromatic heterocycles. The van der Waals surface area contributed by atoms with Crippen LogP contribution in [0.4, 0.5) is 5.69 Å². The summed E-state index contributed by atoms with van der Waals surface area (Å²) in [6.07, 6.45) is 1.48. The van der Waals surface area contributed by atoms with Crippen LogP contribution in [0.25, 0.3) is 0 Å². The zero-order valence-electron chi connectivity index (χ0n) is 15.2. The van der Waals surface area contributed by atoms with Gasteiger partial charge >= 0.3 is 0 Å². The van der Waals surface area contributed by atoms with Crippen molar-refractivity contribution in [2.24, 2.45) is 0 Å². The first-order valence-corrected chi connectivity index (χ1v) is 10.1. The first kappa shape index (κ1) is 20.4. The second-order valence-electron chi connectivity index (χ2n) is 5.90. The molecule has 0 saturated carbocycles. The Morgan fingerprint density at radius 1 is 1.22 bits per heavy atom. The quantitative estimate of drug-likeness (QED) is 0.747. The summed E-state index contributed by atoms with van der Waals surface area (Å²) >= 11 is 0. The monoisotopic (exact) mass is 387 g/mol. The molecule has 7 nitrogen and oxygen atoms in total. The largest absolute Gasteiger partial charge is 0.496 e. The number of benzene rings is 2. The molecule has 0 radical (unpaired) electrons. The summed E-state index contributed by atoms with van der Waals surface area (Å²) in [5, 5.41) is 11.5. The topological polar surface area (TPSA) is 99.5 Å². The van der Waals surface area contributed by atoms with Crippen LogP contribution in [-0.2, 0) is 21.2 Å². The highest BCUT2D eigenvalue weighted by molar-refractivity contribution is 7.88. The number of nitriles is 1. The third-order valence-electron chi connectivity index (χ3n) is 3.89. The van der Waals surface area contributed by atoms with Gasteiger partial charge in [0.1, 0.15) is 5.75 Å². The second-order valence-corrected chi connectivity index (χ2v) is 7.88. The third-order valence-corrected chi connectivity index (χ3v) is 5.14. The number of para-hydroxylation sites is 1. The summed E-state index contributed by atoms with van der Waals surface area (Å²) in [7, 11) is -2.02. The molecule has 0 aliphatic heterocycles. The van der Waals surface area contributed by atoms with E-state index in [0.717, 1.165) is 16.1 Å². The van der Waals surface area contributed by atoms with Crippen LogP contribution >= 0.6 is 0 Å². The van der Waals surface area contributed by atoms with E-state index in [9.17, 15) is 13.2 Å². The molecule has 0 saturated heterocycles. The Morgan fingerprint density at radius 2 is 1.96 bits per heavy atom. The smallest absolute Gasteiger partial charge is 0.239 e. The first-order chi connectivity index (χ1) is 12.8. The molecule has 2 aromatic rings. The number of nitrogens with one attached hydrogen (secondary N) is 1. The standard InChI is InChI=1S/C19H21N3O4S/c1-26-18-9-4-3-7-16(18)10-11-22(27(2,24)25)14-19(23)21-17-8-5-6-15(12-17)13-20/h3-9,12H,10-11,14H2,1-2H3,(H,21,23). The maximum Gasteiger partial charge on any atom is 0.239 e. The van der Waals surface area contributed by atoms with Gasteiger partial charge in [0.2, 0.25) is 15.9 Å². The molecule has 0 atom stereocenters. The van der Waals surface area contributed by atoms with Crippen molar-refractivity contribution >= 4 is 21.6 Å². The Labute approximate surface area is 159 Å². The number of sulfonamides is 1. The number of hydrogen-bond donors (Lipinski definition) is 1. The fraction of sp³-hybridized carbons (Fsp3) is 0.263. The highest BCUT2D eigenvalue weighted by Crippen LogP contribution is 2.18. The summed E-state index contributed by atoms with van der Waals surface area (Å²) in [6, 6.07) is 15.7. The second kappa shape index (κ2) is 9.16. The SMILES string of the molecule is COc1ccccc1CCN(CC(=O)Nc1cccc(C#N)c1)S(C)(=O)=O. The van der Waals surface area contributed by atoms with Crippen molar-refractivity contribution in [1.29, 1.82) is 5.26 Å². The van der Waals surface area contributed by atoms with E-state index in [1.165, 1.54) is 6.07 Å². The zero-order chi connectivity index (χ0) is 19.9. The number of methoxy groups -OCH3 is 1. The Bertz CT molecular complexity index is 951. The minimum Gasteiger partial charge on any atom is -0.496 e. The summed E-state index contributed by atoms with van der Waals surface area (Å²) in [5.74, 6) is 0.194. The first-order valence-electron chi connectivity index (χ1n) is 8.20. The number of carbonyl (C=O) groups excluding carboxylic acids is 1. The van der Waals surface area contributed by atoms with Gasteiger partial charge in [0.15, 0.2) is 0 Å². The predicted molar refractivity (Wildman–Crippen MR) is 103 cm³/mol. The minimum atomic E-state index is -3.58. The lowest BCUT2D eigenvalue weighted by molar-refractivity contribution is -0.116. The van der Waals surface area contributed by atoms with Crippen LogP contribution in [0.3, 0.4) is 0 Å². The average molecular weight is 387 g/mol. The van der Waals surface area contributed by atoms with E-state index in [2.05, 4.69) is 5.32 Å². The van der Waals surface area contributed by atoms with Gasteiger partial charge in [0, 0.05) is 12.2 Å². The van der Waals surface area contributed by atoms with Crippen LogP contribution in [0.15, 0.2) is 48.5 Å². The van der Waals surface area contributed by atoms with Crippen LogP contribution < -0.4 is 10.1 Å². The molecular formula is C19H21N3O4S. The third kappa shape index (κ3) is 6.09. The van der Waals surface area contributed by atoms with Gasteiger partial charge in [-0.05, 0) is 36.2 Å². The van der Waals surface area contributed by atoms with Gasteiger partial charge in [0.25, 0.3) is 0 Å². The van der Waals surface area contributed by atoms with Crippen molar-refractivity contribution in [3.63, 3.8) is 0 Å². The predicted octanol–water partition coefficient (Wildman–Crippen LogP) is 2.01. The van der Waals surface area contributed by atoms with Gasteiger partial charge in [-0.25, -0.2) is 8.42 Å². The van der Waals surface area contributed by atoms with E-state index in [1.54, 1.807) is 31.4 Å². The number of carbonyl (C=O) groups is 1. The van der Waals surface area contributed by atoms with Crippen LogP contribution in [0.1, 0.15) is 11.1 Å². The summed E-state index contributed by atoms with van der Waals surface area (Å²) in [5.41, 5.74) is 1.71. The van der Waals surface area contributed by atoms with E-state index >= 15 is 0 Å². The van der Waals surface area contributed by atoms with Gasteiger partial charge in [-0.3, -0.25) is 4.79 Å². The summed E-state index contributed by atoms with van der Waals surface area (Å²) in [4.78, 5) is 12.3. The Hall–Kier alpha value is -2.89. The number of rotatable bonds is 8. The normalized spacial score (nSPS) is 11.0. The van der Waals surface area contributed by atoms with E-state index in [-0.39, 0.29) is 13.1 Å². The van der Waals surface area contributed by atoms with Gasteiger partial charge < -0.3 is 10.1 Å². The van der Waals surface area contributed by atoms with Crippen LogP contribution in [0.2, 0.25) is 0 Å². The Kier molecular flexibility index (Phi) is 6.93. The van der Waals surface area contributed by atoms with Gasteiger partial charge in [-0.15, -0.1) is 0 Å². The van der Waals surface area contributed by atoms with Crippen molar-refractivity contribution in [1.82, 2.24) is 4.31 Å². The Morgan fingerprint density at radius 3 is 2.63 bits per heavy atom. The highest BCUT2D eigenvalue weighted by Gasteiger charge is 2.20. The Balaban J connectivity index is 2.06. The molecule has 0 fully saturated rings.